The highest BCUT2D eigenvalue weighted by atomic mass is 33.1. The molecule has 0 aliphatic heterocycles. The van der Waals surface area contributed by atoms with E-state index in [1.165, 1.54) is 35.8 Å². The molecule has 2 atom stereocenters. The number of amides is 2. The molecule has 0 fully saturated rings. The summed E-state index contributed by atoms with van der Waals surface area (Å²) in [6, 6.07) is -1.82. The second-order valence-electron chi connectivity index (χ2n) is 4.45. The van der Waals surface area contributed by atoms with E-state index in [1.807, 2.05) is 0 Å². The Morgan fingerprint density at radius 2 is 1.12 bits per heavy atom. The molecular weight excluding hydrogens is 388 g/mol. The second-order valence-corrected chi connectivity index (χ2v) is 7.00. The van der Waals surface area contributed by atoms with Crippen molar-refractivity contribution in [3.05, 3.63) is 0 Å². The molecule has 0 aliphatic carbocycles. The molecule has 0 aliphatic rings. The zero-order chi connectivity index (χ0) is 19.9. The summed E-state index contributed by atoms with van der Waals surface area (Å²) in [5.41, 5.74) is 0. The van der Waals surface area contributed by atoms with Crippen LogP contribution in [0.2, 0.25) is 0 Å². The highest BCUT2D eigenvalue weighted by molar-refractivity contribution is 8.76. The first-order valence-corrected chi connectivity index (χ1v) is 10.1. The van der Waals surface area contributed by atoms with Crippen LogP contribution in [-0.4, -0.2) is 75.1 Å². The number of hydrogen-bond acceptors (Lipinski definition) is 10. The smallest absolute Gasteiger partial charge is 0.407 e. The molecule has 2 N–H and O–H groups in total. The molecule has 26 heavy (non-hydrogen) atoms. The van der Waals surface area contributed by atoms with Crippen LogP contribution in [0.4, 0.5) is 9.59 Å². The first kappa shape index (κ1) is 24.2. The van der Waals surface area contributed by atoms with E-state index < -0.39 is 36.2 Å². The molecule has 0 saturated heterocycles. The molecule has 0 saturated carbocycles. The van der Waals surface area contributed by atoms with Crippen LogP contribution in [0.15, 0.2) is 0 Å². The Balaban J connectivity index is 4.51. The maximum Gasteiger partial charge on any atom is 0.407 e. The predicted molar refractivity (Wildman–Crippen MR) is 96.8 cm³/mol. The zero-order valence-electron chi connectivity index (χ0n) is 15.1. The number of methoxy groups -OCH3 is 2. The fourth-order valence-electron chi connectivity index (χ4n) is 1.48. The molecular formula is C14H24N2O8S2. The van der Waals surface area contributed by atoms with Crippen LogP contribution < -0.4 is 10.6 Å². The molecule has 0 aromatic rings. The quantitative estimate of drug-likeness (QED) is 0.219. The predicted octanol–water partition coefficient (Wildman–Crippen LogP) is 0.943. The highest BCUT2D eigenvalue weighted by Crippen LogP contribution is 2.23. The Kier molecular flexibility index (Phi) is 13.4. The summed E-state index contributed by atoms with van der Waals surface area (Å²) in [5.74, 6) is -0.909. The van der Waals surface area contributed by atoms with Gasteiger partial charge in [0, 0.05) is 11.5 Å². The van der Waals surface area contributed by atoms with Gasteiger partial charge in [0.2, 0.25) is 0 Å². The van der Waals surface area contributed by atoms with Crippen molar-refractivity contribution in [3.8, 4) is 0 Å². The van der Waals surface area contributed by atoms with Gasteiger partial charge >= 0.3 is 24.1 Å². The summed E-state index contributed by atoms with van der Waals surface area (Å²) in [5, 5.41) is 4.78. The Hall–Kier alpha value is -1.82. The lowest BCUT2D eigenvalue weighted by atomic mass is 10.3. The average Bonchev–Trinajstić information content (AvgIpc) is 2.62. The van der Waals surface area contributed by atoms with Crippen LogP contribution in [0.1, 0.15) is 13.8 Å². The Labute approximate surface area is 159 Å². The van der Waals surface area contributed by atoms with Gasteiger partial charge in [-0.15, -0.1) is 0 Å². The van der Waals surface area contributed by atoms with Gasteiger partial charge in [-0.25, -0.2) is 19.2 Å². The normalized spacial score (nSPS) is 12.3. The number of carbonyl (C=O) groups is 4. The van der Waals surface area contributed by atoms with Gasteiger partial charge in [-0.2, -0.15) is 0 Å². The summed E-state index contributed by atoms with van der Waals surface area (Å²) < 4.78 is 18.7. The SMILES string of the molecule is CCOC(=O)N[C@@H](CSSC[C@H](NC(=O)OCC)C(=O)OC)C(=O)OC. The van der Waals surface area contributed by atoms with Crippen molar-refractivity contribution in [1.82, 2.24) is 10.6 Å². The van der Waals surface area contributed by atoms with Gasteiger partial charge in [-0.3, -0.25) is 0 Å². The van der Waals surface area contributed by atoms with Gasteiger partial charge in [-0.1, -0.05) is 21.6 Å². The molecule has 0 spiro atoms. The second kappa shape index (κ2) is 14.4. The van der Waals surface area contributed by atoms with Crippen molar-refractivity contribution in [2.45, 2.75) is 25.9 Å². The summed E-state index contributed by atoms with van der Waals surface area (Å²) in [7, 11) is 4.82. The topological polar surface area (TPSA) is 129 Å². The number of nitrogens with one attached hydrogen (secondary N) is 2. The van der Waals surface area contributed by atoms with Crippen molar-refractivity contribution in [3.63, 3.8) is 0 Å². The molecule has 0 aromatic carbocycles. The van der Waals surface area contributed by atoms with Crippen LogP contribution in [0.5, 0.6) is 0 Å². The maximum atomic E-state index is 11.7. The summed E-state index contributed by atoms with van der Waals surface area (Å²) >= 11 is 0. The van der Waals surface area contributed by atoms with E-state index in [9.17, 15) is 19.2 Å². The minimum atomic E-state index is -0.911. The third-order valence-corrected chi connectivity index (χ3v) is 5.08. The number of ether oxygens (including phenoxy) is 4. The molecule has 0 rings (SSSR count). The maximum absolute atomic E-state index is 11.7. The lowest BCUT2D eigenvalue weighted by Crippen LogP contribution is -2.44. The summed E-state index contributed by atoms with van der Waals surface area (Å²) in [4.78, 5) is 46.3. The van der Waals surface area contributed by atoms with E-state index in [2.05, 4.69) is 20.1 Å². The van der Waals surface area contributed by atoms with Crippen molar-refractivity contribution in [2.75, 3.05) is 38.9 Å². The first-order valence-electron chi connectivity index (χ1n) is 7.66. The van der Waals surface area contributed by atoms with E-state index in [0.717, 1.165) is 0 Å². The minimum absolute atomic E-state index is 0.169. The van der Waals surface area contributed by atoms with Crippen LogP contribution >= 0.6 is 21.6 Å². The van der Waals surface area contributed by atoms with Gasteiger partial charge in [0.05, 0.1) is 27.4 Å². The minimum Gasteiger partial charge on any atom is -0.467 e. The van der Waals surface area contributed by atoms with Gasteiger partial charge in [0.15, 0.2) is 0 Å². The lowest BCUT2D eigenvalue weighted by Gasteiger charge is -2.17. The number of carbonyl (C=O) groups excluding carboxylic acids is 4. The largest absolute Gasteiger partial charge is 0.467 e. The number of alkyl carbamates (subject to hydrolysis) is 2. The number of rotatable bonds is 11. The van der Waals surface area contributed by atoms with Crippen molar-refractivity contribution in [2.24, 2.45) is 0 Å². The number of hydrogen-bond donors (Lipinski definition) is 2. The van der Waals surface area contributed by atoms with Gasteiger partial charge in [0.25, 0.3) is 0 Å². The lowest BCUT2D eigenvalue weighted by molar-refractivity contribution is -0.143. The molecule has 0 unspecified atom stereocenters. The monoisotopic (exact) mass is 412 g/mol. The van der Waals surface area contributed by atoms with Gasteiger partial charge in [-0.05, 0) is 13.8 Å². The molecule has 0 heterocycles. The molecule has 0 aromatic heterocycles. The molecule has 12 heteroatoms. The van der Waals surface area contributed by atoms with Crippen LogP contribution in [-0.2, 0) is 28.5 Å². The van der Waals surface area contributed by atoms with Crippen molar-refractivity contribution >= 4 is 45.7 Å². The summed E-state index contributed by atoms with van der Waals surface area (Å²) in [6.07, 6.45) is -1.46. The van der Waals surface area contributed by atoms with E-state index in [0.29, 0.717) is 0 Å². The molecule has 10 nitrogen and oxygen atoms in total. The fourth-order valence-corrected chi connectivity index (χ4v) is 3.78. The van der Waals surface area contributed by atoms with Crippen LogP contribution in [0.3, 0.4) is 0 Å². The fraction of sp³-hybridized carbons (Fsp3) is 0.714. The highest BCUT2D eigenvalue weighted by Gasteiger charge is 2.25. The summed E-state index contributed by atoms with van der Waals surface area (Å²) in [6.45, 7) is 3.62. The first-order chi connectivity index (χ1) is 12.4. The average molecular weight is 412 g/mol. The van der Waals surface area contributed by atoms with Gasteiger partial charge in [0.1, 0.15) is 12.1 Å². The molecule has 0 radical (unpaired) electrons. The van der Waals surface area contributed by atoms with Gasteiger partial charge < -0.3 is 29.6 Å². The number of esters is 2. The van der Waals surface area contributed by atoms with E-state index >= 15 is 0 Å². The molecule has 0 bridgehead atoms. The van der Waals surface area contributed by atoms with E-state index in [-0.39, 0.29) is 24.7 Å². The Morgan fingerprint density at radius 1 is 0.769 bits per heavy atom. The third kappa shape index (κ3) is 10.2. The van der Waals surface area contributed by atoms with E-state index in [1.54, 1.807) is 13.8 Å². The van der Waals surface area contributed by atoms with Crippen molar-refractivity contribution < 1.29 is 38.1 Å². The van der Waals surface area contributed by atoms with Crippen molar-refractivity contribution in [1.29, 1.82) is 0 Å². The van der Waals surface area contributed by atoms with E-state index in [4.69, 9.17) is 9.47 Å². The Morgan fingerprint density at radius 3 is 1.38 bits per heavy atom. The van der Waals surface area contributed by atoms with Crippen LogP contribution in [0.25, 0.3) is 0 Å². The standard InChI is InChI=1S/C14H24N2O8S2/c1-5-23-13(19)15-9(11(17)21-3)7-25-26-8-10(12(18)22-4)16-14(20)24-6-2/h9-10H,5-8H2,1-4H3,(H,15,19)(H,16,20)/t9-,10-/m0/s1. The molecule has 2 amide bonds. The third-order valence-electron chi connectivity index (χ3n) is 2.66. The molecule has 150 valence electrons. The Bertz CT molecular complexity index is 436. The van der Waals surface area contributed by atoms with Crippen LogP contribution in [0, 0.1) is 0 Å². The zero-order valence-corrected chi connectivity index (χ0v) is 16.7.